The first-order valence-electron chi connectivity index (χ1n) is 8.85. The molecule has 0 saturated heterocycles. The smallest absolute Gasteiger partial charge is 0.327 e. The summed E-state index contributed by atoms with van der Waals surface area (Å²) in [6, 6.07) is 14.6. The van der Waals surface area contributed by atoms with E-state index in [0.29, 0.717) is 39.5 Å². The molecular weight excluding hydrogens is 374 g/mol. The number of fused-ring (bicyclic) bond motifs is 2. The van der Waals surface area contributed by atoms with Crippen molar-refractivity contribution in [1.82, 2.24) is 15.0 Å². The first-order chi connectivity index (χ1) is 14.1. The molecule has 0 saturated carbocycles. The van der Waals surface area contributed by atoms with Gasteiger partial charge in [-0.1, -0.05) is 18.2 Å². The lowest BCUT2D eigenvalue weighted by Gasteiger charge is -2.11. The SMILES string of the molecule is COc1ccc(-c2cc(-c3cccc4c3OCO4)nc3[nH]c(=O)[nH]c(=O)c23)cc1. The van der Waals surface area contributed by atoms with Crippen LogP contribution in [0.3, 0.4) is 0 Å². The molecule has 0 fully saturated rings. The normalized spacial score (nSPS) is 12.3. The van der Waals surface area contributed by atoms with E-state index in [1.165, 1.54) is 0 Å². The molecule has 0 unspecified atom stereocenters. The van der Waals surface area contributed by atoms with Gasteiger partial charge in [-0.15, -0.1) is 0 Å². The Morgan fingerprint density at radius 3 is 2.62 bits per heavy atom. The van der Waals surface area contributed by atoms with Crippen molar-refractivity contribution < 1.29 is 14.2 Å². The van der Waals surface area contributed by atoms with Crippen LogP contribution in [-0.2, 0) is 0 Å². The average molecular weight is 389 g/mol. The molecule has 0 atom stereocenters. The van der Waals surface area contributed by atoms with Gasteiger partial charge < -0.3 is 14.2 Å². The summed E-state index contributed by atoms with van der Waals surface area (Å²) in [6.07, 6.45) is 0. The third-order valence-electron chi connectivity index (χ3n) is 4.78. The first-order valence-corrected chi connectivity index (χ1v) is 8.85. The molecule has 1 aliphatic heterocycles. The van der Waals surface area contributed by atoms with Crippen LogP contribution in [0.4, 0.5) is 0 Å². The van der Waals surface area contributed by atoms with Gasteiger partial charge in [-0.3, -0.25) is 14.8 Å². The van der Waals surface area contributed by atoms with Crippen LogP contribution in [0.15, 0.2) is 58.1 Å². The zero-order chi connectivity index (χ0) is 20.0. The Balaban J connectivity index is 1.82. The van der Waals surface area contributed by atoms with Crippen LogP contribution in [-0.4, -0.2) is 28.9 Å². The van der Waals surface area contributed by atoms with Crippen LogP contribution >= 0.6 is 0 Å². The number of aromatic amines is 2. The van der Waals surface area contributed by atoms with Crippen LogP contribution in [0.1, 0.15) is 0 Å². The Bertz CT molecular complexity index is 1360. The molecular formula is C21H15N3O5. The summed E-state index contributed by atoms with van der Waals surface area (Å²) in [5.41, 5.74) is 1.73. The van der Waals surface area contributed by atoms with E-state index in [1.807, 2.05) is 30.3 Å². The Hall–Kier alpha value is -4.07. The second-order valence-corrected chi connectivity index (χ2v) is 6.45. The minimum absolute atomic E-state index is 0.127. The molecule has 0 bridgehead atoms. The highest BCUT2D eigenvalue weighted by molar-refractivity contribution is 5.95. The average Bonchev–Trinajstić information content (AvgIpc) is 3.21. The van der Waals surface area contributed by atoms with Crippen molar-refractivity contribution in [3.8, 4) is 39.6 Å². The predicted molar refractivity (Wildman–Crippen MR) is 107 cm³/mol. The van der Waals surface area contributed by atoms with E-state index in [-0.39, 0.29) is 12.4 Å². The predicted octanol–water partition coefficient (Wildman–Crippen LogP) is 2.68. The fourth-order valence-electron chi connectivity index (χ4n) is 3.44. The largest absolute Gasteiger partial charge is 0.497 e. The van der Waals surface area contributed by atoms with E-state index in [1.54, 1.807) is 25.3 Å². The monoisotopic (exact) mass is 389 g/mol. The zero-order valence-electron chi connectivity index (χ0n) is 15.3. The lowest BCUT2D eigenvalue weighted by atomic mass is 9.99. The lowest BCUT2D eigenvalue weighted by molar-refractivity contribution is 0.174. The second kappa shape index (κ2) is 6.52. The maximum atomic E-state index is 12.6. The third kappa shape index (κ3) is 2.82. The summed E-state index contributed by atoms with van der Waals surface area (Å²) in [5, 5.41) is 0.295. The topological polar surface area (TPSA) is 106 Å². The molecule has 8 nitrogen and oxygen atoms in total. The molecule has 8 heteroatoms. The number of para-hydroxylation sites is 1. The number of pyridine rings is 1. The summed E-state index contributed by atoms with van der Waals surface area (Å²) < 4.78 is 16.3. The van der Waals surface area contributed by atoms with Gasteiger partial charge in [0.15, 0.2) is 11.5 Å². The van der Waals surface area contributed by atoms with Gasteiger partial charge in [0.05, 0.1) is 18.2 Å². The molecule has 0 aliphatic carbocycles. The molecule has 29 heavy (non-hydrogen) atoms. The second-order valence-electron chi connectivity index (χ2n) is 6.45. The van der Waals surface area contributed by atoms with Gasteiger partial charge in [0.1, 0.15) is 11.4 Å². The highest BCUT2D eigenvalue weighted by Gasteiger charge is 2.21. The van der Waals surface area contributed by atoms with E-state index < -0.39 is 11.2 Å². The fraction of sp³-hybridized carbons (Fsp3) is 0.0952. The summed E-state index contributed by atoms with van der Waals surface area (Å²) in [4.78, 5) is 33.8. The molecule has 2 aromatic carbocycles. The van der Waals surface area contributed by atoms with Crippen LogP contribution in [0.25, 0.3) is 33.4 Å². The standard InChI is InChI=1S/C21H15N3O5/c1-27-12-7-5-11(6-8-12)14-9-15(13-3-2-4-16-18(13)29-10-28-16)22-19-17(14)20(25)24-21(26)23-19/h2-9H,10H2,1H3,(H2,22,23,24,25,26). The molecule has 5 rings (SSSR count). The molecule has 0 spiro atoms. The van der Waals surface area contributed by atoms with E-state index in [9.17, 15) is 9.59 Å². The van der Waals surface area contributed by atoms with Gasteiger partial charge in [0.2, 0.25) is 6.79 Å². The Morgan fingerprint density at radius 2 is 1.83 bits per heavy atom. The molecule has 144 valence electrons. The minimum atomic E-state index is -0.620. The lowest BCUT2D eigenvalue weighted by Crippen LogP contribution is -2.23. The van der Waals surface area contributed by atoms with Gasteiger partial charge in [-0.25, -0.2) is 9.78 Å². The van der Waals surface area contributed by atoms with Crippen molar-refractivity contribution in [3.63, 3.8) is 0 Å². The van der Waals surface area contributed by atoms with E-state index in [0.717, 1.165) is 5.56 Å². The quantitative estimate of drug-likeness (QED) is 0.558. The maximum absolute atomic E-state index is 12.6. The van der Waals surface area contributed by atoms with Crippen molar-refractivity contribution in [2.75, 3.05) is 13.9 Å². The van der Waals surface area contributed by atoms with Crippen molar-refractivity contribution in [2.24, 2.45) is 0 Å². The fourth-order valence-corrected chi connectivity index (χ4v) is 3.44. The van der Waals surface area contributed by atoms with Crippen molar-refractivity contribution in [1.29, 1.82) is 0 Å². The van der Waals surface area contributed by atoms with Gasteiger partial charge in [-0.05, 0) is 35.9 Å². The number of rotatable bonds is 3. The maximum Gasteiger partial charge on any atom is 0.327 e. The molecule has 2 aromatic heterocycles. The highest BCUT2D eigenvalue weighted by atomic mass is 16.7. The van der Waals surface area contributed by atoms with E-state index in [4.69, 9.17) is 14.2 Å². The van der Waals surface area contributed by atoms with Crippen molar-refractivity contribution >= 4 is 11.0 Å². The van der Waals surface area contributed by atoms with Crippen LogP contribution in [0.5, 0.6) is 17.2 Å². The number of aromatic nitrogens is 3. The minimum Gasteiger partial charge on any atom is -0.497 e. The number of nitrogens with zero attached hydrogens (tertiary/aromatic N) is 1. The number of nitrogens with one attached hydrogen (secondary N) is 2. The van der Waals surface area contributed by atoms with E-state index >= 15 is 0 Å². The molecule has 0 radical (unpaired) electrons. The Kier molecular flexibility index (Phi) is 3.83. The number of ether oxygens (including phenoxy) is 3. The highest BCUT2D eigenvalue weighted by Crippen LogP contribution is 2.42. The molecule has 3 heterocycles. The molecule has 0 amide bonds. The van der Waals surface area contributed by atoms with Gasteiger partial charge in [0.25, 0.3) is 5.56 Å². The number of benzene rings is 2. The summed E-state index contributed by atoms with van der Waals surface area (Å²) in [7, 11) is 1.59. The number of hydrogen-bond acceptors (Lipinski definition) is 6. The first kappa shape index (κ1) is 17.1. The molecule has 1 aliphatic rings. The molecule has 2 N–H and O–H groups in total. The van der Waals surface area contributed by atoms with Crippen molar-refractivity contribution in [2.45, 2.75) is 0 Å². The Labute approximate surface area is 163 Å². The summed E-state index contributed by atoms with van der Waals surface area (Å²) in [5.74, 6) is 1.89. The van der Waals surface area contributed by atoms with Gasteiger partial charge in [0, 0.05) is 11.1 Å². The number of methoxy groups -OCH3 is 1. The zero-order valence-corrected chi connectivity index (χ0v) is 15.3. The third-order valence-corrected chi connectivity index (χ3v) is 4.78. The van der Waals surface area contributed by atoms with Crippen LogP contribution in [0.2, 0.25) is 0 Å². The molecule has 4 aromatic rings. The number of H-pyrrole nitrogens is 2. The summed E-state index contributed by atoms with van der Waals surface area (Å²) in [6.45, 7) is 0.127. The van der Waals surface area contributed by atoms with Crippen LogP contribution < -0.4 is 25.5 Å². The van der Waals surface area contributed by atoms with E-state index in [2.05, 4.69) is 15.0 Å². The van der Waals surface area contributed by atoms with Crippen LogP contribution in [0, 0.1) is 0 Å². The van der Waals surface area contributed by atoms with Crippen molar-refractivity contribution in [3.05, 3.63) is 69.4 Å². The Morgan fingerprint density at radius 1 is 1.00 bits per heavy atom. The number of hydrogen-bond donors (Lipinski definition) is 2. The van der Waals surface area contributed by atoms with Gasteiger partial charge >= 0.3 is 5.69 Å². The summed E-state index contributed by atoms with van der Waals surface area (Å²) >= 11 is 0. The van der Waals surface area contributed by atoms with Gasteiger partial charge in [-0.2, -0.15) is 0 Å².